The molecule has 1 unspecified atom stereocenters. The lowest BCUT2D eigenvalue weighted by molar-refractivity contribution is 0.0716. The number of rotatable bonds is 3. The summed E-state index contributed by atoms with van der Waals surface area (Å²) in [5, 5.41) is 10.8. The standard InChI is InChI=1S/C15H15F2NO/c1-3-15(19,14-7-5-12(16)9-18-14)11-4-6-13(17)10(2)8-11/h4-9,19H,3H2,1-2H3. The molecule has 0 aliphatic heterocycles. The largest absolute Gasteiger partial charge is 0.379 e. The van der Waals surface area contributed by atoms with Crippen LogP contribution in [-0.2, 0) is 5.60 Å². The van der Waals surface area contributed by atoms with E-state index in [1.807, 2.05) is 0 Å². The van der Waals surface area contributed by atoms with Crippen LogP contribution in [0.5, 0.6) is 0 Å². The summed E-state index contributed by atoms with van der Waals surface area (Å²) >= 11 is 0. The molecule has 0 radical (unpaired) electrons. The summed E-state index contributed by atoms with van der Waals surface area (Å²) < 4.78 is 26.2. The molecule has 1 atom stereocenters. The highest BCUT2D eigenvalue weighted by atomic mass is 19.1. The Bertz CT molecular complexity index is 583. The van der Waals surface area contributed by atoms with E-state index in [0.717, 1.165) is 6.20 Å². The zero-order valence-corrected chi connectivity index (χ0v) is 10.8. The highest BCUT2D eigenvalue weighted by Crippen LogP contribution is 2.32. The maximum atomic E-state index is 13.3. The smallest absolute Gasteiger partial charge is 0.141 e. The van der Waals surface area contributed by atoms with E-state index in [0.29, 0.717) is 23.2 Å². The van der Waals surface area contributed by atoms with Crippen molar-refractivity contribution in [2.45, 2.75) is 25.9 Å². The Hall–Kier alpha value is -1.81. The first-order valence-corrected chi connectivity index (χ1v) is 6.08. The fourth-order valence-electron chi connectivity index (χ4n) is 2.06. The lowest BCUT2D eigenvalue weighted by Crippen LogP contribution is -2.27. The van der Waals surface area contributed by atoms with Crippen LogP contribution in [0.15, 0.2) is 36.5 Å². The molecule has 0 fully saturated rings. The molecule has 2 aromatic rings. The number of hydrogen-bond donors (Lipinski definition) is 1. The fraction of sp³-hybridized carbons (Fsp3) is 0.267. The van der Waals surface area contributed by atoms with Crippen LogP contribution >= 0.6 is 0 Å². The van der Waals surface area contributed by atoms with Gasteiger partial charge in [-0.1, -0.05) is 13.0 Å². The number of halogens is 2. The summed E-state index contributed by atoms with van der Waals surface area (Å²) in [4.78, 5) is 3.93. The van der Waals surface area contributed by atoms with E-state index in [4.69, 9.17) is 0 Å². The molecule has 2 nitrogen and oxygen atoms in total. The minimum absolute atomic E-state index is 0.325. The molecule has 1 aromatic carbocycles. The summed E-state index contributed by atoms with van der Waals surface area (Å²) in [5.74, 6) is -0.785. The first kappa shape index (κ1) is 13.6. The summed E-state index contributed by atoms with van der Waals surface area (Å²) in [7, 11) is 0. The van der Waals surface area contributed by atoms with Crippen molar-refractivity contribution in [2.24, 2.45) is 0 Å². The van der Waals surface area contributed by atoms with Crippen molar-refractivity contribution < 1.29 is 13.9 Å². The van der Waals surface area contributed by atoms with Crippen molar-refractivity contribution >= 4 is 0 Å². The van der Waals surface area contributed by atoms with Gasteiger partial charge in [-0.05, 0) is 48.7 Å². The van der Waals surface area contributed by atoms with Gasteiger partial charge in [0.2, 0.25) is 0 Å². The molecule has 0 amide bonds. The predicted octanol–water partition coefficient (Wildman–Crippen LogP) is 3.31. The average Bonchev–Trinajstić information content (AvgIpc) is 2.42. The molecule has 0 saturated carbocycles. The van der Waals surface area contributed by atoms with Gasteiger partial charge in [0, 0.05) is 0 Å². The lowest BCUT2D eigenvalue weighted by Gasteiger charge is -2.27. The third kappa shape index (κ3) is 2.49. The minimum Gasteiger partial charge on any atom is -0.379 e. The van der Waals surface area contributed by atoms with E-state index in [2.05, 4.69) is 4.98 Å². The van der Waals surface area contributed by atoms with Crippen LogP contribution in [0.25, 0.3) is 0 Å². The van der Waals surface area contributed by atoms with Gasteiger partial charge in [-0.25, -0.2) is 8.78 Å². The second kappa shape index (κ2) is 5.05. The van der Waals surface area contributed by atoms with Gasteiger partial charge in [-0.3, -0.25) is 4.98 Å². The van der Waals surface area contributed by atoms with E-state index >= 15 is 0 Å². The lowest BCUT2D eigenvalue weighted by atomic mass is 9.86. The molecule has 19 heavy (non-hydrogen) atoms. The third-order valence-electron chi connectivity index (χ3n) is 3.30. The molecule has 0 bridgehead atoms. The molecule has 0 aliphatic carbocycles. The molecule has 2 rings (SSSR count). The van der Waals surface area contributed by atoms with Crippen LogP contribution < -0.4 is 0 Å². The molecular formula is C15H15F2NO. The zero-order chi connectivity index (χ0) is 14.0. The number of aromatic nitrogens is 1. The topological polar surface area (TPSA) is 33.1 Å². The van der Waals surface area contributed by atoms with Crippen LogP contribution in [0.2, 0.25) is 0 Å². The van der Waals surface area contributed by atoms with Crippen LogP contribution in [0, 0.1) is 18.6 Å². The van der Waals surface area contributed by atoms with E-state index in [1.165, 1.54) is 24.3 Å². The molecule has 1 heterocycles. The highest BCUT2D eigenvalue weighted by molar-refractivity contribution is 5.35. The number of hydrogen-bond acceptors (Lipinski definition) is 2. The van der Waals surface area contributed by atoms with E-state index in [-0.39, 0.29) is 5.82 Å². The summed E-state index contributed by atoms with van der Waals surface area (Å²) in [6.07, 6.45) is 1.42. The Morgan fingerprint density at radius 3 is 2.47 bits per heavy atom. The Balaban J connectivity index is 2.52. The fourth-order valence-corrected chi connectivity index (χ4v) is 2.06. The van der Waals surface area contributed by atoms with Gasteiger partial charge in [0.05, 0.1) is 11.9 Å². The van der Waals surface area contributed by atoms with E-state index in [9.17, 15) is 13.9 Å². The van der Waals surface area contributed by atoms with E-state index in [1.54, 1.807) is 19.9 Å². The number of pyridine rings is 1. The van der Waals surface area contributed by atoms with Crippen molar-refractivity contribution in [3.8, 4) is 0 Å². The van der Waals surface area contributed by atoms with Crippen LogP contribution in [0.1, 0.15) is 30.2 Å². The maximum absolute atomic E-state index is 13.3. The monoisotopic (exact) mass is 263 g/mol. The van der Waals surface area contributed by atoms with E-state index < -0.39 is 11.4 Å². The summed E-state index contributed by atoms with van der Waals surface area (Å²) in [5.41, 5.74) is 0.00787. The molecule has 1 aromatic heterocycles. The van der Waals surface area contributed by atoms with Gasteiger partial charge in [0.15, 0.2) is 0 Å². The molecule has 4 heteroatoms. The van der Waals surface area contributed by atoms with Crippen molar-refractivity contribution in [1.82, 2.24) is 4.98 Å². The van der Waals surface area contributed by atoms with Crippen molar-refractivity contribution in [3.63, 3.8) is 0 Å². The molecule has 100 valence electrons. The Kier molecular flexibility index (Phi) is 3.62. The minimum atomic E-state index is -1.34. The van der Waals surface area contributed by atoms with Crippen LogP contribution in [0.3, 0.4) is 0 Å². The molecule has 0 aliphatic rings. The van der Waals surface area contributed by atoms with Gasteiger partial charge < -0.3 is 5.11 Å². The summed E-state index contributed by atoms with van der Waals surface area (Å²) in [6, 6.07) is 7.12. The molecular weight excluding hydrogens is 248 g/mol. The maximum Gasteiger partial charge on any atom is 0.141 e. The Morgan fingerprint density at radius 2 is 1.95 bits per heavy atom. The van der Waals surface area contributed by atoms with Crippen LogP contribution in [0.4, 0.5) is 8.78 Å². The van der Waals surface area contributed by atoms with Crippen molar-refractivity contribution in [3.05, 3.63) is 65.0 Å². The number of aliphatic hydroxyl groups is 1. The van der Waals surface area contributed by atoms with Gasteiger partial charge in [-0.15, -0.1) is 0 Å². The first-order chi connectivity index (χ1) is 8.97. The Labute approximate surface area is 110 Å². The highest BCUT2D eigenvalue weighted by Gasteiger charge is 2.31. The van der Waals surface area contributed by atoms with Gasteiger partial charge in [0.1, 0.15) is 17.2 Å². The third-order valence-corrected chi connectivity index (χ3v) is 3.30. The second-order valence-corrected chi connectivity index (χ2v) is 4.54. The van der Waals surface area contributed by atoms with Gasteiger partial charge in [-0.2, -0.15) is 0 Å². The van der Waals surface area contributed by atoms with Crippen LogP contribution in [-0.4, -0.2) is 10.1 Å². The average molecular weight is 263 g/mol. The zero-order valence-electron chi connectivity index (χ0n) is 10.8. The Morgan fingerprint density at radius 1 is 1.21 bits per heavy atom. The van der Waals surface area contributed by atoms with Crippen molar-refractivity contribution in [1.29, 1.82) is 0 Å². The number of aryl methyl sites for hydroxylation is 1. The number of benzene rings is 1. The summed E-state index contributed by atoms with van der Waals surface area (Å²) in [6.45, 7) is 3.43. The SMILES string of the molecule is CCC(O)(c1ccc(F)c(C)c1)c1ccc(F)cn1. The second-order valence-electron chi connectivity index (χ2n) is 4.54. The molecule has 0 spiro atoms. The van der Waals surface area contributed by atoms with Gasteiger partial charge in [0.25, 0.3) is 0 Å². The molecule has 1 N–H and O–H groups in total. The number of nitrogens with zero attached hydrogens (tertiary/aromatic N) is 1. The molecule has 0 saturated heterocycles. The predicted molar refractivity (Wildman–Crippen MR) is 68.6 cm³/mol. The quantitative estimate of drug-likeness (QED) is 0.921. The van der Waals surface area contributed by atoms with Gasteiger partial charge >= 0.3 is 0 Å². The normalized spacial score (nSPS) is 14.2. The first-order valence-electron chi connectivity index (χ1n) is 6.08. The van der Waals surface area contributed by atoms with Crippen molar-refractivity contribution in [2.75, 3.05) is 0 Å².